The minimum Gasteiger partial charge on any atom is -0.370 e. The van der Waals surface area contributed by atoms with Crippen LogP contribution in [0.5, 0.6) is 0 Å². The van der Waals surface area contributed by atoms with Gasteiger partial charge in [-0.2, -0.15) is 0 Å². The van der Waals surface area contributed by atoms with Crippen molar-refractivity contribution in [3.8, 4) is 0 Å². The Morgan fingerprint density at radius 2 is 1.93 bits per heavy atom. The highest BCUT2D eigenvalue weighted by Crippen LogP contribution is 2.24. The Morgan fingerprint density at radius 3 is 2.63 bits per heavy atom. The summed E-state index contributed by atoms with van der Waals surface area (Å²) in [5, 5.41) is 5.46. The molecule has 2 aromatic rings. The van der Waals surface area contributed by atoms with Crippen molar-refractivity contribution in [2.24, 2.45) is 0 Å². The van der Waals surface area contributed by atoms with Crippen LogP contribution in [-0.2, 0) is 4.74 Å². The van der Waals surface area contributed by atoms with E-state index in [-0.39, 0.29) is 23.9 Å². The van der Waals surface area contributed by atoms with Crippen LogP contribution < -0.4 is 10.6 Å². The lowest BCUT2D eigenvalue weighted by Gasteiger charge is -2.33. The highest BCUT2D eigenvalue weighted by Gasteiger charge is 2.26. The summed E-state index contributed by atoms with van der Waals surface area (Å²) in [5.74, 6) is -0.512. The van der Waals surface area contributed by atoms with Gasteiger partial charge in [-0.25, -0.2) is 9.18 Å². The second kappa shape index (κ2) is 8.18. The van der Waals surface area contributed by atoms with Crippen molar-refractivity contribution in [3.05, 3.63) is 65.0 Å². The molecule has 0 aliphatic carbocycles. The zero-order valence-corrected chi connectivity index (χ0v) is 15.3. The molecule has 0 saturated carbocycles. The number of amides is 3. The van der Waals surface area contributed by atoms with Gasteiger partial charge in [-0.1, -0.05) is 18.2 Å². The molecule has 27 heavy (non-hydrogen) atoms. The Balaban J connectivity index is 1.71. The highest BCUT2D eigenvalue weighted by atomic mass is 19.1. The average molecular weight is 371 g/mol. The van der Waals surface area contributed by atoms with E-state index in [1.165, 1.54) is 12.1 Å². The Labute approximate surface area is 157 Å². The fraction of sp³-hybridized carbons (Fsp3) is 0.300. The molecular weight excluding hydrogens is 349 g/mol. The Kier molecular flexibility index (Phi) is 5.71. The number of morpholine rings is 1. The Morgan fingerprint density at radius 1 is 1.19 bits per heavy atom. The predicted molar refractivity (Wildman–Crippen MR) is 100 cm³/mol. The lowest BCUT2D eigenvalue weighted by molar-refractivity contribution is -0.0135. The fourth-order valence-electron chi connectivity index (χ4n) is 3.06. The molecule has 1 aliphatic rings. The van der Waals surface area contributed by atoms with Crippen molar-refractivity contribution in [2.75, 3.05) is 32.1 Å². The first-order chi connectivity index (χ1) is 13.0. The lowest BCUT2D eigenvalue weighted by atomic mass is 10.1. The third-order valence-corrected chi connectivity index (χ3v) is 4.64. The number of benzene rings is 2. The van der Waals surface area contributed by atoms with Gasteiger partial charge in [-0.05, 0) is 42.3 Å². The first-order valence-corrected chi connectivity index (χ1v) is 8.74. The molecule has 3 rings (SSSR count). The number of ether oxygens (including phenoxy) is 1. The van der Waals surface area contributed by atoms with Gasteiger partial charge >= 0.3 is 6.03 Å². The van der Waals surface area contributed by atoms with Gasteiger partial charge in [-0.15, -0.1) is 0 Å². The number of anilines is 1. The van der Waals surface area contributed by atoms with Gasteiger partial charge in [0.05, 0.1) is 13.2 Å². The van der Waals surface area contributed by atoms with E-state index in [9.17, 15) is 14.0 Å². The molecule has 1 heterocycles. The molecule has 3 amide bonds. The zero-order chi connectivity index (χ0) is 19.4. The zero-order valence-electron chi connectivity index (χ0n) is 15.3. The van der Waals surface area contributed by atoms with E-state index in [0.29, 0.717) is 36.5 Å². The van der Waals surface area contributed by atoms with E-state index in [2.05, 4.69) is 10.6 Å². The summed E-state index contributed by atoms with van der Waals surface area (Å²) in [6.45, 7) is 3.01. The van der Waals surface area contributed by atoms with Gasteiger partial charge in [0.1, 0.15) is 11.9 Å². The molecule has 142 valence electrons. The van der Waals surface area contributed by atoms with Crippen molar-refractivity contribution in [1.82, 2.24) is 10.2 Å². The molecule has 0 aromatic heterocycles. The number of hydrogen-bond donors (Lipinski definition) is 2. The van der Waals surface area contributed by atoms with Crippen LogP contribution in [0.2, 0.25) is 0 Å². The number of urea groups is 1. The molecule has 7 heteroatoms. The van der Waals surface area contributed by atoms with E-state index >= 15 is 0 Å². The Hall–Kier alpha value is -2.93. The molecule has 0 spiro atoms. The molecule has 2 aromatic carbocycles. The molecule has 1 aliphatic heterocycles. The van der Waals surface area contributed by atoms with E-state index in [4.69, 9.17) is 4.74 Å². The van der Waals surface area contributed by atoms with E-state index in [0.717, 1.165) is 5.56 Å². The van der Waals surface area contributed by atoms with Crippen molar-refractivity contribution >= 4 is 17.6 Å². The summed E-state index contributed by atoms with van der Waals surface area (Å²) in [7, 11) is 1.57. The molecule has 1 atom stereocenters. The van der Waals surface area contributed by atoms with Gasteiger partial charge in [-0.3, -0.25) is 4.79 Å². The lowest BCUT2D eigenvalue weighted by Crippen LogP contribution is -2.44. The van der Waals surface area contributed by atoms with Gasteiger partial charge in [0.25, 0.3) is 5.91 Å². The monoisotopic (exact) mass is 371 g/mol. The van der Waals surface area contributed by atoms with Crippen LogP contribution in [0, 0.1) is 12.7 Å². The number of carbonyl (C=O) groups excluding carboxylic acids is 2. The summed E-state index contributed by atoms with van der Waals surface area (Å²) in [5.41, 5.74) is 2.63. The second-order valence-electron chi connectivity index (χ2n) is 6.34. The maximum absolute atomic E-state index is 13.1. The minimum atomic E-state index is -0.310. The maximum Gasteiger partial charge on any atom is 0.322 e. The van der Waals surface area contributed by atoms with Crippen LogP contribution >= 0.6 is 0 Å². The normalized spacial score (nSPS) is 16.7. The van der Waals surface area contributed by atoms with Crippen LogP contribution in [0.4, 0.5) is 14.9 Å². The smallest absolute Gasteiger partial charge is 0.322 e. The summed E-state index contributed by atoms with van der Waals surface area (Å²) in [4.78, 5) is 26.3. The van der Waals surface area contributed by atoms with Crippen molar-refractivity contribution in [1.29, 1.82) is 0 Å². The molecule has 0 radical (unpaired) electrons. The number of hydrogen-bond acceptors (Lipinski definition) is 3. The largest absolute Gasteiger partial charge is 0.370 e. The van der Waals surface area contributed by atoms with Crippen LogP contribution in [0.15, 0.2) is 42.5 Å². The standard InChI is InChI=1S/C20H22FN3O3/c1-13-16(19(25)22-2)4-3-5-17(13)23-20(26)24-10-11-27-18(12-24)14-6-8-15(21)9-7-14/h3-9,18H,10-12H2,1-2H3,(H,22,25)(H,23,26)/t18-/m0/s1. The Bertz CT molecular complexity index is 839. The number of rotatable bonds is 3. The maximum atomic E-state index is 13.1. The summed E-state index contributed by atoms with van der Waals surface area (Å²) in [6.07, 6.45) is -0.302. The van der Waals surface area contributed by atoms with E-state index in [1.54, 1.807) is 49.2 Å². The van der Waals surface area contributed by atoms with E-state index in [1.807, 2.05) is 0 Å². The summed E-state index contributed by atoms with van der Waals surface area (Å²) < 4.78 is 18.8. The first kappa shape index (κ1) is 18.8. The van der Waals surface area contributed by atoms with Crippen molar-refractivity contribution in [3.63, 3.8) is 0 Å². The molecule has 2 N–H and O–H groups in total. The number of halogens is 1. The van der Waals surface area contributed by atoms with Gasteiger partial charge in [0.15, 0.2) is 0 Å². The third-order valence-electron chi connectivity index (χ3n) is 4.64. The molecule has 0 unspecified atom stereocenters. The SMILES string of the molecule is CNC(=O)c1cccc(NC(=O)N2CCO[C@H](c3ccc(F)cc3)C2)c1C. The third kappa shape index (κ3) is 4.25. The van der Waals surface area contributed by atoms with E-state index < -0.39 is 0 Å². The number of nitrogens with zero attached hydrogens (tertiary/aromatic N) is 1. The summed E-state index contributed by atoms with van der Waals surface area (Å²) in [6, 6.07) is 11.0. The first-order valence-electron chi connectivity index (χ1n) is 8.74. The molecule has 1 saturated heterocycles. The quantitative estimate of drug-likeness (QED) is 0.871. The molecule has 1 fully saturated rings. The number of nitrogens with one attached hydrogen (secondary N) is 2. The second-order valence-corrected chi connectivity index (χ2v) is 6.34. The molecular formula is C20H22FN3O3. The fourth-order valence-corrected chi connectivity index (χ4v) is 3.06. The van der Waals surface area contributed by atoms with Crippen LogP contribution in [-0.4, -0.2) is 43.6 Å². The van der Waals surface area contributed by atoms with Gasteiger partial charge in [0.2, 0.25) is 0 Å². The van der Waals surface area contributed by atoms with Crippen LogP contribution in [0.25, 0.3) is 0 Å². The van der Waals surface area contributed by atoms with Crippen LogP contribution in [0.3, 0.4) is 0 Å². The van der Waals surface area contributed by atoms with Gasteiger partial charge < -0.3 is 20.3 Å². The topological polar surface area (TPSA) is 70.7 Å². The van der Waals surface area contributed by atoms with Crippen LogP contribution in [0.1, 0.15) is 27.6 Å². The van der Waals surface area contributed by atoms with Crippen molar-refractivity contribution < 1.29 is 18.7 Å². The highest BCUT2D eigenvalue weighted by molar-refractivity contribution is 5.98. The minimum absolute atomic E-state index is 0.202. The van der Waals surface area contributed by atoms with Gasteiger partial charge in [0, 0.05) is 24.8 Å². The predicted octanol–water partition coefficient (Wildman–Crippen LogP) is 3.10. The molecule has 6 nitrogen and oxygen atoms in total. The summed E-state index contributed by atoms with van der Waals surface area (Å²) >= 11 is 0. The average Bonchev–Trinajstić information content (AvgIpc) is 2.69. The molecule has 0 bridgehead atoms. The number of carbonyl (C=O) groups is 2. The van der Waals surface area contributed by atoms with Crippen molar-refractivity contribution in [2.45, 2.75) is 13.0 Å².